The number of nitrogens with zero attached hydrogens (tertiary/aromatic N) is 3. The molecule has 0 aliphatic rings. The first-order chi connectivity index (χ1) is 9.10. The number of rotatable bonds is 10. The Morgan fingerprint density at radius 3 is 2.37 bits per heavy atom. The third-order valence-corrected chi connectivity index (χ3v) is 3.44. The van der Waals surface area contributed by atoms with Gasteiger partial charge in [0.1, 0.15) is 0 Å². The quantitative estimate of drug-likeness (QED) is 0.648. The number of hydrogen-bond acceptors (Lipinski definition) is 4. The van der Waals surface area contributed by atoms with Gasteiger partial charge in [0.2, 0.25) is 5.91 Å². The van der Waals surface area contributed by atoms with Gasteiger partial charge in [0.05, 0.1) is 19.1 Å². The molecule has 1 N–H and O–H groups in total. The standard InChI is InChI=1S/C14H27N3O2/c1-4-13(5-2)17(11-12-18)10-7-14(19)16(3)9-6-8-15/h13,18H,4-7,9-12H2,1-3H3. The number of nitriles is 1. The summed E-state index contributed by atoms with van der Waals surface area (Å²) in [5.41, 5.74) is 0. The normalized spacial score (nSPS) is 10.8. The topological polar surface area (TPSA) is 67.6 Å². The Morgan fingerprint density at radius 1 is 1.26 bits per heavy atom. The average molecular weight is 269 g/mol. The van der Waals surface area contributed by atoms with E-state index in [0.29, 0.717) is 38.5 Å². The molecule has 0 unspecified atom stereocenters. The van der Waals surface area contributed by atoms with Gasteiger partial charge in [-0.05, 0) is 12.8 Å². The van der Waals surface area contributed by atoms with Crippen molar-refractivity contribution in [1.29, 1.82) is 5.26 Å². The summed E-state index contributed by atoms with van der Waals surface area (Å²) in [7, 11) is 1.73. The number of carbonyl (C=O) groups excluding carboxylic acids is 1. The van der Waals surface area contributed by atoms with Crippen molar-refractivity contribution in [3.05, 3.63) is 0 Å². The third kappa shape index (κ3) is 7.14. The van der Waals surface area contributed by atoms with Gasteiger partial charge in [-0.25, -0.2) is 0 Å². The molecular weight excluding hydrogens is 242 g/mol. The summed E-state index contributed by atoms with van der Waals surface area (Å²) in [6.07, 6.45) is 2.86. The Morgan fingerprint density at radius 2 is 1.89 bits per heavy atom. The predicted molar refractivity (Wildman–Crippen MR) is 75.5 cm³/mol. The summed E-state index contributed by atoms with van der Waals surface area (Å²) in [6.45, 7) is 6.14. The lowest BCUT2D eigenvalue weighted by Gasteiger charge is -2.30. The third-order valence-electron chi connectivity index (χ3n) is 3.44. The molecule has 0 spiro atoms. The second-order valence-electron chi connectivity index (χ2n) is 4.70. The minimum Gasteiger partial charge on any atom is -0.395 e. The van der Waals surface area contributed by atoms with Crippen LogP contribution < -0.4 is 0 Å². The molecule has 0 rings (SSSR count). The van der Waals surface area contributed by atoms with Crippen molar-refractivity contribution in [2.24, 2.45) is 0 Å². The van der Waals surface area contributed by atoms with Crippen molar-refractivity contribution in [1.82, 2.24) is 9.80 Å². The van der Waals surface area contributed by atoms with Gasteiger partial charge in [-0.15, -0.1) is 0 Å². The van der Waals surface area contributed by atoms with Crippen LogP contribution in [0.4, 0.5) is 0 Å². The molecule has 0 aromatic heterocycles. The van der Waals surface area contributed by atoms with Crippen LogP contribution in [0.2, 0.25) is 0 Å². The fourth-order valence-electron chi connectivity index (χ4n) is 2.18. The molecule has 0 saturated heterocycles. The lowest BCUT2D eigenvalue weighted by molar-refractivity contribution is -0.130. The number of carbonyl (C=O) groups is 1. The van der Waals surface area contributed by atoms with Crippen LogP contribution in [0.3, 0.4) is 0 Å². The number of hydrogen-bond donors (Lipinski definition) is 1. The Hall–Kier alpha value is -1.12. The van der Waals surface area contributed by atoms with Crippen LogP contribution in [0.25, 0.3) is 0 Å². The Bertz CT molecular complexity index is 285. The summed E-state index contributed by atoms with van der Waals surface area (Å²) in [5, 5.41) is 17.6. The number of aliphatic hydroxyl groups excluding tert-OH is 1. The fourth-order valence-corrected chi connectivity index (χ4v) is 2.18. The van der Waals surface area contributed by atoms with Crippen LogP contribution in [-0.4, -0.2) is 60.1 Å². The summed E-state index contributed by atoms with van der Waals surface area (Å²) in [5.74, 6) is 0.0594. The van der Waals surface area contributed by atoms with E-state index in [-0.39, 0.29) is 12.5 Å². The highest BCUT2D eigenvalue weighted by Gasteiger charge is 2.17. The molecule has 0 bridgehead atoms. The van der Waals surface area contributed by atoms with E-state index in [4.69, 9.17) is 10.4 Å². The van der Waals surface area contributed by atoms with E-state index in [1.54, 1.807) is 11.9 Å². The molecular formula is C14H27N3O2. The van der Waals surface area contributed by atoms with E-state index < -0.39 is 0 Å². The van der Waals surface area contributed by atoms with Crippen molar-refractivity contribution in [2.75, 3.05) is 33.3 Å². The Balaban J connectivity index is 4.23. The molecule has 0 aromatic rings. The van der Waals surface area contributed by atoms with E-state index in [1.807, 2.05) is 6.07 Å². The summed E-state index contributed by atoms with van der Waals surface area (Å²) in [6, 6.07) is 2.46. The first kappa shape index (κ1) is 17.9. The molecule has 0 saturated carbocycles. The number of aliphatic hydroxyl groups is 1. The molecule has 19 heavy (non-hydrogen) atoms. The maximum Gasteiger partial charge on any atom is 0.223 e. The summed E-state index contributed by atoms with van der Waals surface area (Å²) >= 11 is 0. The van der Waals surface area contributed by atoms with Gasteiger partial charge in [-0.2, -0.15) is 5.26 Å². The molecule has 0 atom stereocenters. The van der Waals surface area contributed by atoms with Crippen LogP contribution in [0.5, 0.6) is 0 Å². The Kier molecular flexibility index (Phi) is 10.1. The average Bonchev–Trinajstić information content (AvgIpc) is 2.42. The first-order valence-electron chi connectivity index (χ1n) is 7.06. The second kappa shape index (κ2) is 10.8. The monoisotopic (exact) mass is 269 g/mol. The zero-order valence-corrected chi connectivity index (χ0v) is 12.4. The minimum absolute atomic E-state index is 0.0594. The van der Waals surface area contributed by atoms with Gasteiger partial charge in [0.15, 0.2) is 0 Å². The summed E-state index contributed by atoms with van der Waals surface area (Å²) < 4.78 is 0. The smallest absolute Gasteiger partial charge is 0.223 e. The van der Waals surface area contributed by atoms with Gasteiger partial charge in [0.25, 0.3) is 0 Å². The Labute approximate surface area is 116 Å². The fraction of sp³-hybridized carbons (Fsp3) is 0.857. The van der Waals surface area contributed by atoms with Gasteiger partial charge < -0.3 is 10.0 Å². The molecule has 0 fully saturated rings. The molecule has 5 heteroatoms. The largest absolute Gasteiger partial charge is 0.395 e. The van der Waals surface area contributed by atoms with Crippen LogP contribution in [0.1, 0.15) is 39.5 Å². The predicted octanol–water partition coefficient (Wildman–Crippen LogP) is 1.23. The highest BCUT2D eigenvalue weighted by atomic mass is 16.3. The van der Waals surface area contributed by atoms with Crippen molar-refractivity contribution in [3.63, 3.8) is 0 Å². The van der Waals surface area contributed by atoms with E-state index in [2.05, 4.69) is 18.7 Å². The molecule has 0 radical (unpaired) electrons. The molecule has 0 heterocycles. The minimum atomic E-state index is 0.0594. The lowest BCUT2D eigenvalue weighted by Crippen LogP contribution is -2.39. The van der Waals surface area contributed by atoms with Crippen LogP contribution in [-0.2, 0) is 4.79 Å². The van der Waals surface area contributed by atoms with Crippen molar-refractivity contribution in [3.8, 4) is 6.07 Å². The van der Waals surface area contributed by atoms with Gasteiger partial charge in [-0.3, -0.25) is 9.69 Å². The van der Waals surface area contributed by atoms with Crippen LogP contribution in [0.15, 0.2) is 0 Å². The van der Waals surface area contributed by atoms with E-state index in [0.717, 1.165) is 12.8 Å². The SMILES string of the molecule is CCC(CC)N(CCO)CCC(=O)N(C)CCC#N. The van der Waals surface area contributed by atoms with E-state index >= 15 is 0 Å². The maximum atomic E-state index is 11.9. The molecule has 110 valence electrons. The van der Waals surface area contributed by atoms with Gasteiger partial charge in [0, 0.05) is 39.1 Å². The van der Waals surface area contributed by atoms with Gasteiger partial charge in [-0.1, -0.05) is 13.8 Å². The molecule has 0 aliphatic carbocycles. The maximum absolute atomic E-state index is 11.9. The van der Waals surface area contributed by atoms with E-state index in [1.165, 1.54) is 0 Å². The lowest BCUT2D eigenvalue weighted by atomic mass is 10.1. The highest BCUT2D eigenvalue weighted by Crippen LogP contribution is 2.09. The van der Waals surface area contributed by atoms with Crippen LogP contribution in [0, 0.1) is 11.3 Å². The first-order valence-corrected chi connectivity index (χ1v) is 7.06. The second-order valence-corrected chi connectivity index (χ2v) is 4.70. The van der Waals surface area contributed by atoms with Crippen LogP contribution >= 0.6 is 0 Å². The zero-order valence-electron chi connectivity index (χ0n) is 12.4. The van der Waals surface area contributed by atoms with Crippen molar-refractivity contribution < 1.29 is 9.90 Å². The van der Waals surface area contributed by atoms with Crippen molar-refractivity contribution >= 4 is 5.91 Å². The molecule has 0 aromatic carbocycles. The van der Waals surface area contributed by atoms with Crippen molar-refractivity contribution in [2.45, 2.75) is 45.6 Å². The van der Waals surface area contributed by atoms with Gasteiger partial charge >= 0.3 is 0 Å². The highest BCUT2D eigenvalue weighted by molar-refractivity contribution is 5.76. The molecule has 1 amide bonds. The number of amides is 1. The van der Waals surface area contributed by atoms with E-state index in [9.17, 15) is 4.79 Å². The zero-order chi connectivity index (χ0) is 14.7. The molecule has 5 nitrogen and oxygen atoms in total. The molecule has 0 aliphatic heterocycles. The summed E-state index contributed by atoms with van der Waals surface area (Å²) in [4.78, 5) is 15.7.